The van der Waals surface area contributed by atoms with Crippen LogP contribution in [-0.4, -0.2) is 31.2 Å². The lowest BCUT2D eigenvalue weighted by molar-refractivity contribution is -0.125. The van der Waals surface area contributed by atoms with Crippen LogP contribution < -0.4 is 10.6 Å². The summed E-state index contributed by atoms with van der Waals surface area (Å²) in [5, 5.41) is 6.63. The van der Waals surface area contributed by atoms with Crippen LogP contribution in [0.15, 0.2) is 18.2 Å². The lowest BCUT2D eigenvalue weighted by atomic mass is 9.99. The van der Waals surface area contributed by atoms with Gasteiger partial charge in [0.15, 0.2) is 0 Å². The molecule has 0 bridgehead atoms. The molecule has 2 unspecified atom stereocenters. The van der Waals surface area contributed by atoms with Crippen LogP contribution in [0.3, 0.4) is 0 Å². The van der Waals surface area contributed by atoms with E-state index in [0.29, 0.717) is 12.5 Å². The summed E-state index contributed by atoms with van der Waals surface area (Å²) in [5.74, 6) is 0.0461. The van der Waals surface area contributed by atoms with Crippen LogP contribution in [0.25, 0.3) is 0 Å². The fraction of sp³-hybridized carbons (Fsp3) is 0.632. The zero-order chi connectivity index (χ0) is 17.1. The van der Waals surface area contributed by atoms with Gasteiger partial charge in [-0.1, -0.05) is 26.0 Å². The van der Waals surface area contributed by atoms with Crippen molar-refractivity contribution in [1.82, 2.24) is 10.6 Å². The molecule has 3 rings (SSSR count). The number of hydrogen-bond acceptors (Lipinski definition) is 3. The number of nitrogens with one attached hydrogen (secondary N) is 2. The maximum atomic E-state index is 13.9. The van der Waals surface area contributed by atoms with Crippen molar-refractivity contribution in [3.63, 3.8) is 0 Å². The van der Waals surface area contributed by atoms with Crippen LogP contribution in [0.2, 0.25) is 0 Å². The van der Waals surface area contributed by atoms with Gasteiger partial charge in [0.05, 0.1) is 12.1 Å². The van der Waals surface area contributed by atoms with Crippen molar-refractivity contribution in [3.05, 3.63) is 35.1 Å². The van der Waals surface area contributed by atoms with Crippen LogP contribution in [0.1, 0.15) is 50.3 Å². The van der Waals surface area contributed by atoms with Gasteiger partial charge in [0.25, 0.3) is 0 Å². The zero-order valence-electron chi connectivity index (χ0n) is 14.5. The van der Waals surface area contributed by atoms with E-state index in [4.69, 9.17) is 4.74 Å². The molecular weight excluding hydrogens is 307 g/mol. The van der Waals surface area contributed by atoms with Crippen LogP contribution in [0, 0.1) is 11.7 Å². The Kier molecular flexibility index (Phi) is 5.51. The molecule has 0 spiro atoms. The quantitative estimate of drug-likeness (QED) is 0.870. The highest BCUT2D eigenvalue weighted by atomic mass is 19.1. The second-order valence-corrected chi connectivity index (χ2v) is 7.18. The van der Waals surface area contributed by atoms with Crippen molar-refractivity contribution in [2.45, 2.75) is 57.7 Å². The van der Waals surface area contributed by atoms with E-state index in [1.807, 2.05) is 6.07 Å². The van der Waals surface area contributed by atoms with E-state index >= 15 is 0 Å². The minimum Gasteiger partial charge on any atom is -0.381 e. The van der Waals surface area contributed by atoms with E-state index < -0.39 is 0 Å². The molecule has 2 atom stereocenters. The second-order valence-electron chi connectivity index (χ2n) is 7.18. The highest BCUT2D eigenvalue weighted by molar-refractivity contribution is 5.82. The molecule has 0 radical (unpaired) electrons. The molecule has 0 saturated carbocycles. The Bertz CT molecular complexity index is 585. The summed E-state index contributed by atoms with van der Waals surface area (Å²) in [4.78, 5) is 12.8. The number of carbonyl (C=O) groups excluding carboxylic acids is 1. The standard InChI is InChI=1S/C19H27FN2O2/c1-12(2)18(21-13-8-10-24-11-9-13)19(23)22-17-7-6-14-15(17)4-3-5-16(14)20/h3-5,12-13,17-18,21H,6-11H2,1-2H3,(H,22,23). The molecule has 5 heteroatoms. The van der Waals surface area contributed by atoms with Gasteiger partial charge in [0.1, 0.15) is 5.82 Å². The van der Waals surface area contributed by atoms with Gasteiger partial charge < -0.3 is 15.4 Å². The van der Waals surface area contributed by atoms with Crippen molar-refractivity contribution in [2.75, 3.05) is 13.2 Å². The van der Waals surface area contributed by atoms with Gasteiger partial charge in [-0.25, -0.2) is 4.39 Å². The Morgan fingerprint density at radius 2 is 2.00 bits per heavy atom. The Balaban J connectivity index is 1.65. The highest BCUT2D eigenvalue weighted by Gasteiger charge is 2.31. The van der Waals surface area contributed by atoms with Crippen LogP contribution in [0.5, 0.6) is 0 Å². The number of hydrogen-bond donors (Lipinski definition) is 2. The van der Waals surface area contributed by atoms with Gasteiger partial charge in [0, 0.05) is 19.3 Å². The summed E-state index contributed by atoms with van der Waals surface area (Å²) in [6.45, 7) is 5.61. The molecule has 2 N–H and O–H groups in total. The average Bonchev–Trinajstić information content (AvgIpc) is 2.97. The number of halogens is 1. The smallest absolute Gasteiger partial charge is 0.237 e. The minimum absolute atomic E-state index is 0.0126. The molecular formula is C19H27FN2O2. The van der Waals surface area contributed by atoms with E-state index in [9.17, 15) is 9.18 Å². The van der Waals surface area contributed by atoms with Gasteiger partial charge in [-0.3, -0.25) is 4.79 Å². The van der Waals surface area contributed by atoms with Crippen molar-refractivity contribution >= 4 is 5.91 Å². The summed E-state index contributed by atoms with van der Waals surface area (Å²) in [5.41, 5.74) is 1.68. The predicted molar refractivity (Wildman–Crippen MR) is 91.2 cm³/mol. The monoisotopic (exact) mass is 334 g/mol. The third-order valence-electron chi connectivity index (χ3n) is 5.12. The maximum Gasteiger partial charge on any atom is 0.237 e. The summed E-state index contributed by atoms with van der Waals surface area (Å²) in [6.07, 6.45) is 3.33. The van der Waals surface area contributed by atoms with E-state index in [2.05, 4.69) is 24.5 Å². The van der Waals surface area contributed by atoms with Crippen LogP contribution in [-0.2, 0) is 16.0 Å². The molecule has 0 aromatic heterocycles. The molecule has 1 fully saturated rings. The average molecular weight is 334 g/mol. The molecule has 1 aromatic carbocycles. The van der Waals surface area contributed by atoms with Crippen molar-refractivity contribution in [3.8, 4) is 0 Å². The van der Waals surface area contributed by atoms with Crippen molar-refractivity contribution in [2.24, 2.45) is 5.92 Å². The van der Waals surface area contributed by atoms with Crippen molar-refractivity contribution < 1.29 is 13.9 Å². The first-order valence-electron chi connectivity index (χ1n) is 8.97. The fourth-order valence-electron chi connectivity index (χ4n) is 3.71. The maximum absolute atomic E-state index is 13.9. The van der Waals surface area contributed by atoms with E-state index in [0.717, 1.165) is 43.6 Å². The van der Waals surface area contributed by atoms with E-state index in [-0.39, 0.29) is 29.7 Å². The van der Waals surface area contributed by atoms with E-state index in [1.165, 1.54) is 6.07 Å². The first-order valence-corrected chi connectivity index (χ1v) is 8.97. The normalized spacial score (nSPS) is 22.4. The zero-order valence-corrected chi connectivity index (χ0v) is 14.5. The molecule has 1 heterocycles. The Morgan fingerprint density at radius 3 is 2.71 bits per heavy atom. The molecule has 2 aliphatic rings. The lowest BCUT2D eigenvalue weighted by Gasteiger charge is -2.31. The third-order valence-corrected chi connectivity index (χ3v) is 5.12. The van der Waals surface area contributed by atoms with Gasteiger partial charge in [-0.2, -0.15) is 0 Å². The molecule has 4 nitrogen and oxygen atoms in total. The summed E-state index contributed by atoms with van der Waals surface area (Å²) >= 11 is 0. The number of carbonyl (C=O) groups is 1. The summed E-state index contributed by atoms with van der Waals surface area (Å²) in [7, 11) is 0. The van der Waals surface area contributed by atoms with Crippen LogP contribution in [0.4, 0.5) is 4.39 Å². The largest absolute Gasteiger partial charge is 0.381 e. The van der Waals surface area contributed by atoms with Gasteiger partial charge >= 0.3 is 0 Å². The lowest BCUT2D eigenvalue weighted by Crippen LogP contribution is -2.52. The van der Waals surface area contributed by atoms with Gasteiger partial charge in [-0.15, -0.1) is 0 Å². The number of benzene rings is 1. The third kappa shape index (κ3) is 3.78. The fourth-order valence-corrected chi connectivity index (χ4v) is 3.71. The molecule has 1 aromatic rings. The number of rotatable bonds is 5. The molecule has 1 amide bonds. The first-order chi connectivity index (χ1) is 11.6. The Labute approximate surface area is 143 Å². The van der Waals surface area contributed by atoms with Gasteiger partial charge in [0.2, 0.25) is 5.91 Å². The minimum atomic E-state index is -0.231. The topological polar surface area (TPSA) is 50.4 Å². The number of ether oxygens (including phenoxy) is 1. The Morgan fingerprint density at radius 1 is 1.25 bits per heavy atom. The Hall–Kier alpha value is -1.46. The van der Waals surface area contributed by atoms with Crippen LogP contribution >= 0.6 is 0 Å². The molecule has 24 heavy (non-hydrogen) atoms. The van der Waals surface area contributed by atoms with E-state index in [1.54, 1.807) is 6.07 Å². The highest BCUT2D eigenvalue weighted by Crippen LogP contribution is 2.32. The second kappa shape index (κ2) is 7.62. The first kappa shape index (κ1) is 17.4. The summed E-state index contributed by atoms with van der Waals surface area (Å²) < 4.78 is 19.2. The SMILES string of the molecule is CC(C)C(NC1CCOCC1)C(=O)NC1CCc2c(F)cccc21. The molecule has 1 aliphatic carbocycles. The molecule has 1 aliphatic heterocycles. The number of fused-ring (bicyclic) bond motifs is 1. The number of amides is 1. The molecule has 132 valence electrons. The van der Waals surface area contributed by atoms with Gasteiger partial charge in [-0.05, 0) is 48.8 Å². The van der Waals surface area contributed by atoms with Crippen molar-refractivity contribution in [1.29, 1.82) is 0 Å². The molecule has 1 saturated heterocycles. The summed E-state index contributed by atoms with van der Waals surface area (Å²) in [6, 6.07) is 5.15. The predicted octanol–water partition coefficient (Wildman–Crippen LogP) is 2.72.